The fourth-order valence-corrected chi connectivity index (χ4v) is 1.56. The highest BCUT2D eigenvalue weighted by atomic mass is 35.5. The maximum atomic E-state index is 6.04. The third-order valence-electron chi connectivity index (χ3n) is 2.36. The zero-order valence-corrected chi connectivity index (χ0v) is 11.6. The lowest BCUT2D eigenvalue weighted by Crippen LogP contribution is -2.36. The smallest absolute Gasteiger partial charge is 0.210 e. The zero-order valence-electron chi connectivity index (χ0n) is 10.9. The number of methoxy groups -OCH3 is 1. The Labute approximate surface area is 112 Å². The van der Waals surface area contributed by atoms with Gasteiger partial charge in [0.2, 0.25) is 5.96 Å². The van der Waals surface area contributed by atoms with Crippen LogP contribution in [0, 0.1) is 6.92 Å². The Kier molecular flexibility index (Phi) is 5.74. The van der Waals surface area contributed by atoms with E-state index in [0.717, 1.165) is 17.7 Å². The molecule has 4 N–H and O–H groups in total. The molecule has 0 saturated carbocycles. The molecule has 0 aliphatic heterocycles. The van der Waals surface area contributed by atoms with E-state index in [0.29, 0.717) is 23.3 Å². The Morgan fingerprint density at radius 3 is 2.78 bits per heavy atom. The molecule has 0 aromatic heterocycles. The van der Waals surface area contributed by atoms with Gasteiger partial charge >= 0.3 is 0 Å². The van der Waals surface area contributed by atoms with Gasteiger partial charge in [0, 0.05) is 17.6 Å². The molecule has 18 heavy (non-hydrogen) atoms. The van der Waals surface area contributed by atoms with E-state index < -0.39 is 0 Å². The normalized spacial score (nSPS) is 11.3. The molecule has 0 atom stereocenters. The lowest BCUT2D eigenvalue weighted by atomic mass is 10.2. The first-order chi connectivity index (χ1) is 8.62. The Morgan fingerprint density at radius 2 is 2.22 bits per heavy atom. The molecular weight excluding hydrogens is 252 g/mol. The Bertz CT molecular complexity index is 434. The van der Waals surface area contributed by atoms with Gasteiger partial charge in [-0.2, -0.15) is 0 Å². The molecule has 100 valence electrons. The summed E-state index contributed by atoms with van der Waals surface area (Å²) in [5, 5.41) is 3.74. The number of hydrazine groups is 1. The number of nitrogens with two attached hydrogens (primary N) is 1. The summed E-state index contributed by atoms with van der Waals surface area (Å²) in [5.41, 5.74) is 4.24. The summed E-state index contributed by atoms with van der Waals surface area (Å²) in [5.74, 6) is 6.55. The van der Waals surface area contributed by atoms with Crippen molar-refractivity contribution in [1.82, 2.24) is 5.43 Å². The number of guanidine groups is 1. The molecule has 5 nitrogen and oxygen atoms in total. The Morgan fingerprint density at radius 1 is 1.50 bits per heavy atom. The molecule has 0 amide bonds. The number of benzene rings is 1. The van der Waals surface area contributed by atoms with Crippen molar-refractivity contribution in [3.05, 3.63) is 22.7 Å². The van der Waals surface area contributed by atoms with E-state index in [1.54, 1.807) is 13.2 Å². The van der Waals surface area contributed by atoms with Gasteiger partial charge in [-0.25, -0.2) is 5.84 Å². The molecule has 0 unspecified atom stereocenters. The van der Waals surface area contributed by atoms with Crippen LogP contribution in [0.25, 0.3) is 0 Å². The van der Waals surface area contributed by atoms with E-state index in [1.807, 2.05) is 19.9 Å². The van der Waals surface area contributed by atoms with Crippen molar-refractivity contribution >= 4 is 23.2 Å². The predicted octanol–water partition coefficient (Wildman–Crippen LogP) is 2.30. The van der Waals surface area contributed by atoms with Crippen LogP contribution in [0.15, 0.2) is 17.1 Å². The van der Waals surface area contributed by atoms with Crippen LogP contribution >= 0.6 is 11.6 Å². The quantitative estimate of drug-likeness (QED) is 0.340. The maximum Gasteiger partial charge on any atom is 0.210 e. The first kappa shape index (κ1) is 14.6. The first-order valence-corrected chi connectivity index (χ1v) is 6.12. The number of hydrogen-bond donors (Lipinski definition) is 3. The van der Waals surface area contributed by atoms with Crippen LogP contribution in [0.1, 0.15) is 18.9 Å². The maximum absolute atomic E-state index is 6.04. The first-order valence-electron chi connectivity index (χ1n) is 5.74. The van der Waals surface area contributed by atoms with Crippen LogP contribution in [0.2, 0.25) is 5.02 Å². The minimum atomic E-state index is 0.497. The standard InChI is InChI=1S/C12H19ClN4O/c1-4-5-15-12(17-14)16-10-6-8(2)9(13)7-11(10)18-3/h6-7H,4-5,14H2,1-3H3,(H2,15,16,17). The topological polar surface area (TPSA) is 71.7 Å². The van der Waals surface area contributed by atoms with E-state index in [1.165, 1.54) is 0 Å². The zero-order chi connectivity index (χ0) is 13.5. The molecule has 0 saturated heterocycles. The molecule has 0 radical (unpaired) electrons. The van der Waals surface area contributed by atoms with Crippen molar-refractivity contribution in [2.24, 2.45) is 10.8 Å². The van der Waals surface area contributed by atoms with Crippen molar-refractivity contribution < 1.29 is 4.74 Å². The molecular formula is C12H19ClN4O. The SMILES string of the molecule is CCCN=C(NN)Nc1cc(C)c(Cl)cc1OC. The van der Waals surface area contributed by atoms with Crippen LogP contribution in [-0.4, -0.2) is 19.6 Å². The van der Waals surface area contributed by atoms with Gasteiger partial charge in [-0.05, 0) is 25.0 Å². The summed E-state index contributed by atoms with van der Waals surface area (Å²) in [6.07, 6.45) is 0.948. The summed E-state index contributed by atoms with van der Waals surface area (Å²) in [6, 6.07) is 3.65. The van der Waals surface area contributed by atoms with Crippen LogP contribution in [0.3, 0.4) is 0 Å². The summed E-state index contributed by atoms with van der Waals surface area (Å²) < 4.78 is 5.26. The second-order valence-electron chi connectivity index (χ2n) is 3.80. The molecule has 0 heterocycles. The van der Waals surface area contributed by atoms with Gasteiger partial charge in [-0.1, -0.05) is 18.5 Å². The fourth-order valence-electron chi connectivity index (χ4n) is 1.40. The number of nitrogens with one attached hydrogen (secondary N) is 2. The fraction of sp³-hybridized carbons (Fsp3) is 0.417. The Hall–Kier alpha value is -1.46. The summed E-state index contributed by atoms with van der Waals surface area (Å²) >= 11 is 6.04. The second-order valence-corrected chi connectivity index (χ2v) is 4.21. The molecule has 0 fully saturated rings. The van der Waals surface area contributed by atoms with Gasteiger partial charge < -0.3 is 10.1 Å². The van der Waals surface area contributed by atoms with E-state index in [2.05, 4.69) is 15.7 Å². The van der Waals surface area contributed by atoms with Gasteiger partial charge in [0.15, 0.2) is 0 Å². The second kappa shape index (κ2) is 7.08. The molecule has 0 spiro atoms. The lowest BCUT2D eigenvalue weighted by Gasteiger charge is -2.14. The molecule has 1 aromatic carbocycles. The summed E-state index contributed by atoms with van der Waals surface area (Å²) in [4.78, 5) is 4.26. The van der Waals surface area contributed by atoms with E-state index in [4.69, 9.17) is 22.2 Å². The van der Waals surface area contributed by atoms with Gasteiger partial charge in [-0.15, -0.1) is 0 Å². The number of nitrogens with zero attached hydrogens (tertiary/aromatic N) is 1. The number of anilines is 1. The van der Waals surface area contributed by atoms with Gasteiger partial charge in [0.1, 0.15) is 5.75 Å². The van der Waals surface area contributed by atoms with Crippen LogP contribution in [0.5, 0.6) is 5.75 Å². The van der Waals surface area contributed by atoms with Crippen LogP contribution < -0.4 is 21.3 Å². The van der Waals surface area contributed by atoms with Crippen molar-refractivity contribution in [3.8, 4) is 5.75 Å². The largest absolute Gasteiger partial charge is 0.495 e. The monoisotopic (exact) mass is 270 g/mol. The third kappa shape index (κ3) is 3.78. The minimum Gasteiger partial charge on any atom is -0.495 e. The number of halogens is 1. The highest BCUT2D eigenvalue weighted by Crippen LogP contribution is 2.30. The highest BCUT2D eigenvalue weighted by Gasteiger charge is 2.08. The Balaban J connectivity index is 2.98. The number of ether oxygens (including phenoxy) is 1. The average Bonchev–Trinajstić information content (AvgIpc) is 2.38. The number of aryl methyl sites for hydroxylation is 1. The average molecular weight is 271 g/mol. The lowest BCUT2D eigenvalue weighted by molar-refractivity contribution is 0.417. The van der Waals surface area contributed by atoms with Crippen molar-refractivity contribution in [2.45, 2.75) is 20.3 Å². The van der Waals surface area contributed by atoms with E-state index in [9.17, 15) is 0 Å². The van der Waals surface area contributed by atoms with Crippen LogP contribution in [-0.2, 0) is 0 Å². The third-order valence-corrected chi connectivity index (χ3v) is 2.77. The summed E-state index contributed by atoms with van der Waals surface area (Å²) in [7, 11) is 1.59. The highest BCUT2D eigenvalue weighted by molar-refractivity contribution is 6.31. The van der Waals surface area contributed by atoms with Crippen molar-refractivity contribution in [2.75, 3.05) is 19.0 Å². The molecule has 0 aliphatic carbocycles. The summed E-state index contributed by atoms with van der Waals surface area (Å²) in [6.45, 7) is 4.66. The van der Waals surface area contributed by atoms with E-state index >= 15 is 0 Å². The number of aliphatic imine (C=N–C) groups is 1. The van der Waals surface area contributed by atoms with Gasteiger partial charge in [0.05, 0.1) is 12.8 Å². The minimum absolute atomic E-state index is 0.497. The number of rotatable bonds is 4. The molecule has 0 aliphatic rings. The number of hydrogen-bond acceptors (Lipinski definition) is 3. The molecule has 0 bridgehead atoms. The van der Waals surface area contributed by atoms with Crippen LogP contribution in [0.4, 0.5) is 5.69 Å². The molecule has 1 aromatic rings. The van der Waals surface area contributed by atoms with E-state index in [-0.39, 0.29) is 0 Å². The molecule has 1 rings (SSSR count). The predicted molar refractivity (Wildman–Crippen MR) is 76.3 cm³/mol. The van der Waals surface area contributed by atoms with Crippen molar-refractivity contribution in [1.29, 1.82) is 0 Å². The van der Waals surface area contributed by atoms with Crippen molar-refractivity contribution in [3.63, 3.8) is 0 Å². The van der Waals surface area contributed by atoms with Gasteiger partial charge in [0.25, 0.3) is 0 Å². The molecule has 6 heteroatoms. The van der Waals surface area contributed by atoms with Gasteiger partial charge in [-0.3, -0.25) is 10.4 Å².